The topological polar surface area (TPSA) is 105 Å². The molecule has 4 rings (SSSR count). The summed E-state index contributed by atoms with van der Waals surface area (Å²) in [6.45, 7) is 3.94. The molecule has 1 saturated carbocycles. The first-order chi connectivity index (χ1) is 12.4. The molecule has 2 fully saturated rings. The van der Waals surface area contributed by atoms with E-state index in [1.54, 1.807) is 6.07 Å². The largest absolute Gasteiger partial charge is 0.479 e. The van der Waals surface area contributed by atoms with E-state index < -0.39 is 17.4 Å². The van der Waals surface area contributed by atoms with Crippen LogP contribution in [0.15, 0.2) is 10.6 Å². The standard InChI is InChI=1S/C18H21N3O4S/c1-9(2)14-13-11(7-12(10-3-4-10)19-16(13)25-21-14)15(22)20-18(17(23)24)5-6-26-8-18/h7,9-10H,3-6,8H2,1-2H3,(H,20,22)(H,23,24). The average Bonchev–Trinajstić information content (AvgIpc) is 3.18. The third kappa shape index (κ3) is 2.86. The van der Waals surface area contributed by atoms with E-state index in [4.69, 9.17) is 4.52 Å². The number of pyridine rings is 1. The molecule has 3 heterocycles. The maximum absolute atomic E-state index is 13.1. The number of rotatable bonds is 5. The molecule has 2 N–H and O–H groups in total. The van der Waals surface area contributed by atoms with Crippen LogP contribution in [0.2, 0.25) is 0 Å². The molecule has 1 atom stereocenters. The molecule has 1 saturated heterocycles. The van der Waals surface area contributed by atoms with Gasteiger partial charge < -0.3 is 14.9 Å². The minimum absolute atomic E-state index is 0.0619. The Balaban J connectivity index is 1.79. The fourth-order valence-electron chi connectivity index (χ4n) is 3.32. The van der Waals surface area contributed by atoms with E-state index >= 15 is 0 Å². The second-order valence-corrected chi connectivity index (χ2v) is 8.52. The summed E-state index contributed by atoms with van der Waals surface area (Å²) >= 11 is 1.54. The summed E-state index contributed by atoms with van der Waals surface area (Å²) in [6, 6.07) is 1.79. The smallest absolute Gasteiger partial charge is 0.330 e. The summed E-state index contributed by atoms with van der Waals surface area (Å²) < 4.78 is 5.40. The number of carbonyl (C=O) groups is 2. The lowest BCUT2D eigenvalue weighted by atomic mass is 9.97. The number of thioether (sulfide) groups is 1. The van der Waals surface area contributed by atoms with Crippen molar-refractivity contribution < 1.29 is 19.2 Å². The van der Waals surface area contributed by atoms with Crippen LogP contribution in [0.3, 0.4) is 0 Å². The molecular formula is C18H21N3O4S. The van der Waals surface area contributed by atoms with Crippen LogP contribution >= 0.6 is 11.8 Å². The molecule has 2 aliphatic rings. The van der Waals surface area contributed by atoms with Crippen LogP contribution in [0.5, 0.6) is 0 Å². The van der Waals surface area contributed by atoms with Crippen molar-refractivity contribution in [2.45, 2.75) is 50.5 Å². The highest BCUT2D eigenvalue weighted by atomic mass is 32.2. The summed E-state index contributed by atoms with van der Waals surface area (Å²) in [4.78, 5) is 29.4. The summed E-state index contributed by atoms with van der Waals surface area (Å²) in [5.41, 5.74) is 1.05. The first kappa shape index (κ1) is 17.3. The quantitative estimate of drug-likeness (QED) is 0.828. The van der Waals surface area contributed by atoms with E-state index in [-0.39, 0.29) is 5.92 Å². The number of aliphatic carboxylic acids is 1. The van der Waals surface area contributed by atoms with Gasteiger partial charge in [-0.2, -0.15) is 11.8 Å². The molecule has 1 unspecified atom stereocenters. The number of carbonyl (C=O) groups excluding carboxylic acids is 1. The highest BCUT2D eigenvalue weighted by molar-refractivity contribution is 7.99. The number of hydrogen-bond donors (Lipinski definition) is 2. The summed E-state index contributed by atoms with van der Waals surface area (Å²) in [5, 5.41) is 17.1. The lowest BCUT2D eigenvalue weighted by Gasteiger charge is -2.24. The Morgan fingerprint density at radius 3 is 2.77 bits per heavy atom. The Morgan fingerprint density at radius 2 is 2.19 bits per heavy atom. The molecular weight excluding hydrogens is 354 g/mol. The number of carboxylic acids is 1. The Bertz CT molecular complexity index is 882. The molecule has 1 aliphatic carbocycles. The van der Waals surface area contributed by atoms with Crippen LogP contribution in [0, 0.1) is 0 Å². The van der Waals surface area contributed by atoms with E-state index in [1.165, 1.54) is 11.8 Å². The van der Waals surface area contributed by atoms with Crippen molar-refractivity contribution in [2.75, 3.05) is 11.5 Å². The third-order valence-electron chi connectivity index (χ3n) is 5.06. The maximum atomic E-state index is 13.1. The van der Waals surface area contributed by atoms with Gasteiger partial charge in [0.05, 0.1) is 16.6 Å². The number of aromatic nitrogens is 2. The molecule has 0 bridgehead atoms. The molecule has 0 spiro atoms. The number of nitrogens with one attached hydrogen (secondary N) is 1. The van der Waals surface area contributed by atoms with E-state index in [9.17, 15) is 14.7 Å². The molecule has 8 heteroatoms. The summed E-state index contributed by atoms with van der Waals surface area (Å²) in [5.74, 6) is 0.113. The minimum Gasteiger partial charge on any atom is -0.479 e. The van der Waals surface area contributed by atoms with Crippen molar-refractivity contribution in [1.82, 2.24) is 15.5 Å². The van der Waals surface area contributed by atoms with Gasteiger partial charge in [-0.05, 0) is 37.0 Å². The summed E-state index contributed by atoms with van der Waals surface area (Å²) in [6.07, 6.45) is 2.50. The van der Waals surface area contributed by atoms with Gasteiger partial charge in [0.15, 0.2) is 0 Å². The molecule has 7 nitrogen and oxygen atoms in total. The number of fused-ring (bicyclic) bond motifs is 1. The van der Waals surface area contributed by atoms with E-state index in [2.05, 4.69) is 15.5 Å². The molecule has 1 aliphatic heterocycles. The van der Waals surface area contributed by atoms with Gasteiger partial charge in [-0.25, -0.2) is 9.78 Å². The normalized spacial score (nSPS) is 22.9. The Hall–Kier alpha value is -2.09. The Morgan fingerprint density at radius 1 is 1.42 bits per heavy atom. The van der Waals surface area contributed by atoms with Gasteiger partial charge >= 0.3 is 5.97 Å². The molecule has 2 aromatic rings. The van der Waals surface area contributed by atoms with Crippen molar-refractivity contribution in [3.63, 3.8) is 0 Å². The van der Waals surface area contributed by atoms with Crippen molar-refractivity contribution in [1.29, 1.82) is 0 Å². The SMILES string of the molecule is CC(C)c1noc2nc(C3CC3)cc(C(=O)NC3(C(=O)O)CCSC3)c12. The van der Waals surface area contributed by atoms with Crippen molar-refractivity contribution >= 4 is 34.7 Å². The maximum Gasteiger partial charge on any atom is 0.330 e. The van der Waals surface area contributed by atoms with Crippen molar-refractivity contribution in [3.05, 3.63) is 23.0 Å². The monoisotopic (exact) mass is 375 g/mol. The highest BCUT2D eigenvalue weighted by Gasteiger charge is 2.44. The number of hydrogen-bond acceptors (Lipinski definition) is 6. The molecule has 138 valence electrons. The average molecular weight is 375 g/mol. The van der Waals surface area contributed by atoms with Gasteiger partial charge in [-0.15, -0.1) is 0 Å². The zero-order valence-electron chi connectivity index (χ0n) is 14.7. The van der Waals surface area contributed by atoms with E-state index in [1.807, 2.05) is 13.8 Å². The number of amides is 1. The fraction of sp³-hybridized carbons (Fsp3) is 0.556. The van der Waals surface area contributed by atoms with Gasteiger partial charge in [0.2, 0.25) is 0 Å². The van der Waals surface area contributed by atoms with Gasteiger partial charge in [-0.1, -0.05) is 19.0 Å². The predicted octanol–water partition coefficient (Wildman–Crippen LogP) is 2.91. The van der Waals surface area contributed by atoms with Crippen LogP contribution in [0.25, 0.3) is 11.1 Å². The van der Waals surface area contributed by atoms with Crippen LogP contribution in [0.1, 0.15) is 66.7 Å². The zero-order valence-corrected chi connectivity index (χ0v) is 15.6. The zero-order chi connectivity index (χ0) is 18.5. The van der Waals surface area contributed by atoms with Gasteiger partial charge in [-0.3, -0.25) is 4.79 Å². The van der Waals surface area contributed by atoms with Gasteiger partial charge in [0.1, 0.15) is 5.54 Å². The van der Waals surface area contributed by atoms with Crippen molar-refractivity contribution in [3.8, 4) is 0 Å². The lowest BCUT2D eigenvalue weighted by molar-refractivity contribution is -0.143. The minimum atomic E-state index is -1.22. The Kier molecular flexibility index (Phi) is 4.17. The third-order valence-corrected chi connectivity index (χ3v) is 6.25. The van der Waals surface area contributed by atoms with Crippen LogP contribution in [-0.2, 0) is 4.79 Å². The predicted molar refractivity (Wildman–Crippen MR) is 97.6 cm³/mol. The van der Waals surface area contributed by atoms with Crippen LogP contribution < -0.4 is 5.32 Å². The van der Waals surface area contributed by atoms with Crippen LogP contribution in [-0.4, -0.2) is 44.2 Å². The lowest BCUT2D eigenvalue weighted by Crippen LogP contribution is -2.54. The first-order valence-corrected chi connectivity index (χ1v) is 10.0. The number of nitrogens with zero attached hydrogens (tertiary/aromatic N) is 2. The molecule has 0 radical (unpaired) electrons. The van der Waals surface area contributed by atoms with Crippen LogP contribution in [0.4, 0.5) is 0 Å². The second-order valence-electron chi connectivity index (χ2n) is 7.42. The fourth-order valence-corrected chi connectivity index (χ4v) is 4.65. The first-order valence-electron chi connectivity index (χ1n) is 8.85. The van der Waals surface area contributed by atoms with Crippen molar-refractivity contribution in [2.24, 2.45) is 0 Å². The Labute approximate surface area is 154 Å². The number of carboxylic acid groups (broad SMARTS) is 1. The van der Waals surface area contributed by atoms with Gasteiger partial charge in [0, 0.05) is 17.4 Å². The molecule has 26 heavy (non-hydrogen) atoms. The molecule has 2 aromatic heterocycles. The second kappa shape index (κ2) is 6.26. The highest BCUT2D eigenvalue weighted by Crippen LogP contribution is 2.41. The van der Waals surface area contributed by atoms with Gasteiger partial charge in [0.25, 0.3) is 11.6 Å². The summed E-state index contributed by atoms with van der Waals surface area (Å²) in [7, 11) is 0. The van der Waals surface area contributed by atoms with E-state index in [0.29, 0.717) is 40.4 Å². The molecule has 0 aromatic carbocycles. The molecule has 1 amide bonds. The van der Waals surface area contributed by atoms with E-state index in [0.717, 1.165) is 24.3 Å².